The predicted molar refractivity (Wildman–Crippen MR) is 109 cm³/mol. The second kappa shape index (κ2) is 9.18. The maximum absolute atomic E-state index is 12.4. The van der Waals surface area contributed by atoms with Crippen LogP contribution in [0.25, 0.3) is 5.82 Å². The summed E-state index contributed by atoms with van der Waals surface area (Å²) in [6.45, 7) is 3.75. The molecular weight excluding hydrogens is 374 g/mol. The van der Waals surface area contributed by atoms with Crippen LogP contribution in [0, 0.1) is 0 Å². The number of nitrogens with zero attached hydrogens (tertiary/aromatic N) is 3. The Morgan fingerprint density at radius 3 is 2.64 bits per heavy atom. The van der Waals surface area contributed by atoms with Crippen molar-refractivity contribution in [1.29, 1.82) is 0 Å². The number of hydrogen-bond acceptors (Lipinski definition) is 5. The highest BCUT2D eigenvalue weighted by Crippen LogP contribution is 2.25. The number of amides is 2. The lowest BCUT2D eigenvalue weighted by molar-refractivity contribution is -0.120. The van der Waals surface area contributed by atoms with E-state index in [1.165, 1.54) is 18.7 Å². The molecule has 1 aromatic carbocycles. The fourth-order valence-electron chi connectivity index (χ4n) is 2.51. The molecule has 0 saturated carbocycles. The quantitative estimate of drug-likeness (QED) is 0.600. The molecule has 0 spiro atoms. The molecule has 2 amide bonds. The van der Waals surface area contributed by atoms with Crippen LogP contribution < -0.4 is 10.6 Å². The van der Waals surface area contributed by atoms with Crippen molar-refractivity contribution in [2.75, 3.05) is 5.32 Å². The van der Waals surface area contributed by atoms with Gasteiger partial charge in [-0.3, -0.25) is 9.59 Å². The van der Waals surface area contributed by atoms with Crippen LogP contribution in [0.3, 0.4) is 0 Å². The topological polar surface area (TPSA) is 88.9 Å². The summed E-state index contributed by atoms with van der Waals surface area (Å²) in [5, 5.41) is 9.59. The van der Waals surface area contributed by atoms with E-state index in [2.05, 4.69) is 20.7 Å². The van der Waals surface area contributed by atoms with Crippen LogP contribution in [0.5, 0.6) is 0 Å². The first kappa shape index (κ1) is 19.6. The molecule has 0 radical (unpaired) electrons. The zero-order chi connectivity index (χ0) is 19.9. The van der Waals surface area contributed by atoms with Crippen LogP contribution in [0.15, 0.2) is 66.0 Å². The lowest BCUT2D eigenvalue weighted by Crippen LogP contribution is -2.30. The van der Waals surface area contributed by atoms with Gasteiger partial charge in [-0.2, -0.15) is 5.10 Å². The molecule has 28 heavy (non-hydrogen) atoms. The van der Waals surface area contributed by atoms with Gasteiger partial charge < -0.3 is 10.6 Å². The van der Waals surface area contributed by atoms with Gasteiger partial charge in [0.05, 0.1) is 5.25 Å². The van der Waals surface area contributed by atoms with Crippen molar-refractivity contribution < 1.29 is 9.59 Å². The Bertz CT molecular complexity index is 941. The van der Waals surface area contributed by atoms with Gasteiger partial charge in [0, 0.05) is 42.6 Å². The van der Waals surface area contributed by atoms with E-state index in [1.54, 1.807) is 17.1 Å². The fourth-order valence-corrected chi connectivity index (χ4v) is 3.40. The number of aromatic nitrogens is 3. The van der Waals surface area contributed by atoms with Gasteiger partial charge in [0.2, 0.25) is 11.8 Å². The zero-order valence-corrected chi connectivity index (χ0v) is 16.4. The Labute approximate surface area is 167 Å². The number of carbonyl (C=O) groups is 2. The first-order chi connectivity index (χ1) is 13.5. The summed E-state index contributed by atoms with van der Waals surface area (Å²) < 4.78 is 1.68. The molecule has 2 heterocycles. The standard InChI is InChI=1S/C20H21N5O2S/c1-14(28-18-6-4-17(5-7-18)24-15(2)26)20(27)22-13-16-8-10-21-19(12-16)25-11-3-9-23-25/h3-12,14H,13H2,1-2H3,(H,22,27)(H,24,26)/t14-/m1/s1. The Kier molecular flexibility index (Phi) is 6.44. The Balaban J connectivity index is 1.53. The molecule has 3 rings (SSSR count). The fraction of sp³-hybridized carbons (Fsp3) is 0.200. The van der Waals surface area contributed by atoms with Crippen molar-refractivity contribution in [3.63, 3.8) is 0 Å². The predicted octanol–water partition coefficient (Wildman–Crippen LogP) is 3.02. The van der Waals surface area contributed by atoms with E-state index in [0.29, 0.717) is 12.4 Å². The van der Waals surface area contributed by atoms with Crippen LogP contribution in [-0.4, -0.2) is 31.8 Å². The number of nitrogens with one attached hydrogen (secondary N) is 2. The van der Waals surface area contributed by atoms with Gasteiger partial charge in [0.25, 0.3) is 0 Å². The van der Waals surface area contributed by atoms with Crippen LogP contribution in [0.1, 0.15) is 19.4 Å². The van der Waals surface area contributed by atoms with Crippen molar-refractivity contribution in [3.8, 4) is 5.82 Å². The summed E-state index contributed by atoms with van der Waals surface area (Å²) in [5.74, 6) is 0.548. The zero-order valence-electron chi connectivity index (χ0n) is 15.6. The summed E-state index contributed by atoms with van der Waals surface area (Å²) in [7, 11) is 0. The van der Waals surface area contributed by atoms with Gasteiger partial charge in [-0.15, -0.1) is 11.8 Å². The van der Waals surface area contributed by atoms with Crippen LogP contribution >= 0.6 is 11.8 Å². The van der Waals surface area contributed by atoms with Crippen molar-refractivity contribution in [3.05, 3.63) is 66.6 Å². The molecule has 2 aromatic heterocycles. The molecule has 0 fully saturated rings. The summed E-state index contributed by atoms with van der Waals surface area (Å²) in [6, 6.07) is 13.0. The van der Waals surface area contributed by atoms with Crippen molar-refractivity contribution >= 4 is 29.3 Å². The molecule has 0 aliphatic heterocycles. The first-order valence-corrected chi connectivity index (χ1v) is 9.66. The molecule has 0 saturated heterocycles. The van der Waals surface area contributed by atoms with E-state index in [0.717, 1.165) is 16.1 Å². The average Bonchev–Trinajstić information content (AvgIpc) is 3.22. The largest absolute Gasteiger partial charge is 0.351 e. The SMILES string of the molecule is CC(=O)Nc1ccc(S[C@H](C)C(=O)NCc2ccnc(-n3cccn3)c2)cc1. The van der Waals surface area contributed by atoms with Gasteiger partial charge in [0.15, 0.2) is 5.82 Å². The third kappa shape index (κ3) is 5.43. The number of rotatable bonds is 7. The molecule has 7 nitrogen and oxygen atoms in total. The highest BCUT2D eigenvalue weighted by Gasteiger charge is 2.14. The van der Waals surface area contributed by atoms with Gasteiger partial charge in [-0.05, 0) is 55.0 Å². The van der Waals surface area contributed by atoms with Crippen molar-refractivity contribution in [1.82, 2.24) is 20.1 Å². The third-order valence-electron chi connectivity index (χ3n) is 3.87. The maximum atomic E-state index is 12.4. The van der Waals surface area contributed by atoms with Crippen LogP contribution in [0.4, 0.5) is 5.69 Å². The Morgan fingerprint density at radius 2 is 1.96 bits per heavy atom. The molecular formula is C20H21N5O2S. The summed E-state index contributed by atoms with van der Waals surface area (Å²) in [6.07, 6.45) is 5.21. The van der Waals surface area contributed by atoms with E-state index in [9.17, 15) is 9.59 Å². The Hall–Kier alpha value is -3.13. The van der Waals surface area contributed by atoms with Gasteiger partial charge in [-0.25, -0.2) is 9.67 Å². The molecule has 2 N–H and O–H groups in total. The molecule has 3 aromatic rings. The van der Waals surface area contributed by atoms with E-state index in [4.69, 9.17) is 0 Å². The van der Waals surface area contributed by atoms with E-state index in [1.807, 2.05) is 55.6 Å². The van der Waals surface area contributed by atoms with E-state index < -0.39 is 0 Å². The first-order valence-electron chi connectivity index (χ1n) is 8.78. The number of carbonyl (C=O) groups excluding carboxylic acids is 2. The summed E-state index contributed by atoms with van der Waals surface area (Å²) in [4.78, 5) is 28.7. The number of thioether (sulfide) groups is 1. The van der Waals surface area contributed by atoms with Crippen molar-refractivity contribution in [2.24, 2.45) is 0 Å². The number of hydrogen-bond donors (Lipinski definition) is 2. The summed E-state index contributed by atoms with van der Waals surface area (Å²) in [5.41, 5.74) is 1.69. The lowest BCUT2D eigenvalue weighted by atomic mass is 10.2. The minimum absolute atomic E-state index is 0.0478. The molecule has 1 atom stereocenters. The molecule has 0 aliphatic rings. The number of pyridine rings is 1. The smallest absolute Gasteiger partial charge is 0.233 e. The van der Waals surface area contributed by atoms with E-state index in [-0.39, 0.29) is 17.1 Å². The van der Waals surface area contributed by atoms with Gasteiger partial charge in [-0.1, -0.05) is 0 Å². The Morgan fingerprint density at radius 1 is 1.18 bits per heavy atom. The molecule has 144 valence electrons. The number of benzene rings is 1. The molecule has 0 bridgehead atoms. The van der Waals surface area contributed by atoms with Gasteiger partial charge >= 0.3 is 0 Å². The van der Waals surface area contributed by atoms with Gasteiger partial charge in [0.1, 0.15) is 0 Å². The lowest BCUT2D eigenvalue weighted by Gasteiger charge is -2.13. The molecule has 8 heteroatoms. The van der Waals surface area contributed by atoms with E-state index >= 15 is 0 Å². The normalized spacial score (nSPS) is 11.6. The van der Waals surface area contributed by atoms with Crippen LogP contribution in [0.2, 0.25) is 0 Å². The number of anilines is 1. The monoisotopic (exact) mass is 395 g/mol. The molecule has 0 unspecified atom stereocenters. The molecule has 0 aliphatic carbocycles. The second-order valence-corrected chi connectivity index (χ2v) is 7.57. The van der Waals surface area contributed by atoms with Crippen molar-refractivity contribution in [2.45, 2.75) is 30.5 Å². The average molecular weight is 395 g/mol. The second-order valence-electron chi connectivity index (χ2n) is 6.16. The highest BCUT2D eigenvalue weighted by molar-refractivity contribution is 8.00. The maximum Gasteiger partial charge on any atom is 0.233 e. The summed E-state index contributed by atoms with van der Waals surface area (Å²) >= 11 is 1.46. The highest BCUT2D eigenvalue weighted by atomic mass is 32.2. The minimum atomic E-state index is -0.251. The minimum Gasteiger partial charge on any atom is -0.351 e. The third-order valence-corrected chi connectivity index (χ3v) is 4.98. The van der Waals surface area contributed by atoms with Crippen LogP contribution in [-0.2, 0) is 16.1 Å².